The van der Waals surface area contributed by atoms with Gasteiger partial charge in [-0.3, -0.25) is 9.69 Å². The van der Waals surface area contributed by atoms with Crippen molar-refractivity contribution in [2.24, 2.45) is 0 Å². The van der Waals surface area contributed by atoms with Gasteiger partial charge >= 0.3 is 0 Å². The molecule has 1 amide bonds. The van der Waals surface area contributed by atoms with E-state index in [9.17, 15) is 4.79 Å². The van der Waals surface area contributed by atoms with Crippen molar-refractivity contribution in [3.8, 4) is 6.07 Å². The molecule has 1 aromatic rings. The smallest absolute Gasteiger partial charge is 0.234 e. The number of carbonyl (C=O) groups excluding carboxylic acids is 1. The van der Waals surface area contributed by atoms with Crippen LogP contribution in [0.1, 0.15) is 36.8 Å². The second-order valence-corrected chi connectivity index (χ2v) is 4.75. The summed E-state index contributed by atoms with van der Waals surface area (Å²) in [7, 11) is 0. The summed E-state index contributed by atoms with van der Waals surface area (Å²) in [6.07, 6.45) is 2.40. The molecule has 1 N–H and O–H groups in total. The second-order valence-electron chi connectivity index (χ2n) is 4.75. The number of aromatic nitrogens is 1. The summed E-state index contributed by atoms with van der Waals surface area (Å²) in [5, 5.41) is 15.2. The lowest BCUT2D eigenvalue weighted by Crippen LogP contribution is -2.37. The number of hydrogen-bond donors (Lipinski definition) is 1. The van der Waals surface area contributed by atoms with E-state index < -0.39 is 0 Å². The van der Waals surface area contributed by atoms with Crippen molar-refractivity contribution in [2.75, 3.05) is 19.6 Å². The van der Waals surface area contributed by atoms with Gasteiger partial charge in [0.25, 0.3) is 0 Å². The fraction of sp³-hybridized carbons (Fsp3) is 0.615. The zero-order valence-electron chi connectivity index (χ0n) is 11.1. The maximum Gasteiger partial charge on any atom is 0.234 e. The van der Waals surface area contributed by atoms with Crippen molar-refractivity contribution in [1.82, 2.24) is 15.4 Å². The normalized spacial score (nSPS) is 19.3. The molecule has 0 spiro atoms. The van der Waals surface area contributed by atoms with Gasteiger partial charge in [0.15, 0.2) is 0 Å². The summed E-state index contributed by atoms with van der Waals surface area (Å²) in [4.78, 5) is 13.9. The summed E-state index contributed by atoms with van der Waals surface area (Å²) < 4.78 is 5.10. The molecule has 2 heterocycles. The van der Waals surface area contributed by atoms with Gasteiger partial charge in [0.1, 0.15) is 11.5 Å². The molecule has 1 aliphatic rings. The van der Waals surface area contributed by atoms with Gasteiger partial charge in [0, 0.05) is 12.6 Å². The van der Waals surface area contributed by atoms with Crippen LogP contribution in [-0.4, -0.2) is 35.6 Å². The van der Waals surface area contributed by atoms with Gasteiger partial charge in [-0.25, -0.2) is 0 Å². The number of rotatable bonds is 5. The highest BCUT2D eigenvalue weighted by atomic mass is 16.5. The zero-order chi connectivity index (χ0) is 13.7. The lowest BCUT2D eigenvalue weighted by Gasteiger charge is -2.21. The van der Waals surface area contributed by atoms with E-state index in [2.05, 4.69) is 15.4 Å². The van der Waals surface area contributed by atoms with Gasteiger partial charge in [-0.2, -0.15) is 5.26 Å². The Kier molecular flexibility index (Phi) is 4.53. The first kappa shape index (κ1) is 13.6. The highest BCUT2D eigenvalue weighted by Crippen LogP contribution is 2.30. The number of nitrogens with zero attached hydrogens (tertiary/aromatic N) is 3. The number of nitrogens with one attached hydrogen (secondary N) is 1. The number of amides is 1. The monoisotopic (exact) mass is 262 g/mol. The summed E-state index contributed by atoms with van der Waals surface area (Å²) in [5.41, 5.74) is 0.903. The van der Waals surface area contributed by atoms with Crippen LogP contribution < -0.4 is 5.32 Å². The van der Waals surface area contributed by atoms with E-state index in [1.807, 2.05) is 19.1 Å². The fourth-order valence-corrected chi connectivity index (χ4v) is 2.39. The molecule has 0 bridgehead atoms. The number of aryl methyl sites for hydroxylation is 1. The molecule has 1 unspecified atom stereocenters. The number of nitriles is 1. The highest BCUT2D eigenvalue weighted by molar-refractivity contribution is 5.78. The van der Waals surface area contributed by atoms with E-state index in [0.717, 1.165) is 30.8 Å². The topological polar surface area (TPSA) is 82.2 Å². The fourth-order valence-electron chi connectivity index (χ4n) is 2.39. The average Bonchev–Trinajstić information content (AvgIpc) is 2.98. The van der Waals surface area contributed by atoms with Gasteiger partial charge in [0.05, 0.1) is 25.1 Å². The highest BCUT2D eigenvalue weighted by Gasteiger charge is 2.29. The predicted molar refractivity (Wildman–Crippen MR) is 68.0 cm³/mol. The molecule has 1 aromatic heterocycles. The Morgan fingerprint density at radius 1 is 1.74 bits per heavy atom. The van der Waals surface area contributed by atoms with Crippen molar-refractivity contribution in [3.63, 3.8) is 0 Å². The summed E-state index contributed by atoms with van der Waals surface area (Å²) in [5.74, 6) is 0.752. The van der Waals surface area contributed by atoms with Crippen LogP contribution in [0.5, 0.6) is 0 Å². The van der Waals surface area contributed by atoms with Crippen LogP contribution in [0.4, 0.5) is 0 Å². The van der Waals surface area contributed by atoms with Crippen molar-refractivity contribution in [3.05, 3.63) is 17.5 Å². The molecule has 0 aromatic carbocycles. The van der Waals surface area contributed by atoms with E-state index in [4.69, 9.17) is 9.78 Å². The lowest BCUT2D eigenvalue weighted by atomic mass is 10.1. The van der Waals surface area contributed by atoms with Gasteiger partial charge < -0.3 is 9.84 Å². The van der Waals surface area contributed by atoms with Crippen molar-refractivity contribution in [1.29, 1.82) is 5.26 Å². The minimum Gasteiger partial charge on any atom is -0.361 e. The molecule has 19 heavy (non-hydrogen) atoms. The average molecular weight is 262 g/mol. The second kappa shape index (κ2) is 6.34. The molecular formula is C13H18N4O2. The minimum atomic E-state index is -0.0395. The van der Waals surface area contributed by atoms with Crippen LogP contribution in [0.2, 0.25) is 0 Å². The van der Waals surface area contributed by atoms with Crippen LogP contribution in [0.3, 0.4) is 0 Å². The van der Waals surface area contributed by atoms with Crippen molar-refractivity contribution in [2.45, 2.75) is 32.2 Å². The Bertz CT molecular complexity index is 477. The quantitative estimate of drug-likeness (QED) is 0.805. The van der Waals surface area contributed by atoms with Crippen molar-refractivity contribution < 1.29 is 9.32 Å². The van der Waals surface area contributed by atoms with Crippen molar-refractivity contribution >= 4 is 5.91 Å². The van der Waals surface area contributed by atoms with Gasteiger partial charge in [-0.15, -0.1) is 0 Å². The van der Waals surface area contributed by atoms with Crippen LogP contribution >= 0.6 is 0 Å². The third-order valence-corrected chi connectivity index (χ3v) is 3.26. The first-order chi connectivity index (χ1) is 9.20. The van der Waals surface area contributed by atoms with E-state index >= 15 is 0 Å². The summed E-state index contributed by atoms with van der Waals surface area (Å²) >= 11 is 0. The zero-order valence-corrected chi connectivity index (χ0v) is 11.1. The minimum absolute atomic E-state index is 0.0395. The molecule has 1 aliphatic heterocycles. The van der Waals surface area contributed by atoms with Crippen LogP contribution in [0, 0.1) is 18.3 Å². The Morgan fingerprint density at radius 3 is 3.26 bits per heavy atom. The van der Waals surface area contributed by atoms with Gasteiger partial charge in [-0.1, -0.05) is 5.16 Å². The molecule has 102 valence electrons. The molecule has 0 saturated carbocycles. The summed E-state index contributed by atoms with van der Waals surface area (Å²) in [6, 6.07) is 4.10. The standard InChI is InChI=1S/C13H18N4O2/c1-10-8-11(16-19-10)12-4-2-7-17(12)9-13(18)15-6-3-5-14/h8,12H,2-4,6-7,9H2,1H3,(H,15,18). The first-order valence-electron chi connectivity index (χ1n) is 6.51. The van der Waals surface area contributed by atoms with Gasteiger partial charge in [0.2, 0.25) is 5.91 Å². The molecule has 6 nitrogen and oxygen atoms in total. The molecule has 2 rings (SSSR count). The Balaban J connectivity index is 1.89. The maximum absolute atomic E-state index is 11.7. The van der Waals surface area contributed by atoms with Crippen LogP contribution in [-0.2, 0) is 4.79 Å². The van der Waals surface area contributed by atoms with Crippen LogP contribution in [0.25, 0.3) is 0 Å². The maximum atomic E-state index is 11.7. The first-order valence-corrected chi connectivity index (χ1v) is 6.51. The van der Waals surface area contributed by atoms with Crippen LogP contribution in [0.15, 0.2) is 10.6 Å². The molecule has 0 aliphatic carbocycles. The van der Waals surface area contributed by atoms with E-state index in [1.165, 1.54) is 0 Å². The van der Waals surface area contributed by atoms with E-state index in [1.54, 1.807) is 0 Å². The third kappa shape index (κ3) is 3.55. The predicted octanol–water partition coefficient (Wildman–Crippen LogP) is 1.15. The SMILES string of the molecule is Cc1cc(C2CCCN2CC(=O)NCCC#N)no1. The molecule has 1 atom stereocenters. The summed E-state index contributed by atoms with van der Waals surface area (Å²) in [6.45, 7) is 3.52. The van der Waals surface area contributed by atoms with E-state index in [0.29, 0.717) is 19.5 Å². The Labute approximate surface area is 112 Å². The Hall–Kier alpha value is -1.87. The third-order valence-electron chi connectivity index (χ3n) is 3.26. The van der Waals surface area contributed by atoms with E-state index in [-0.39, 0.29) is 11.9 Å². The number of hydrogen-bond acceptors (Lipinski definition) is 5. The molecule has 1 fully saturated rings. The molecule has 0 radical (unpaired) electrons. The number of likely N-dealkylation sites (tertiary alicyclic amines) is 1. The van der Waals surface area contributed by atoms with Gasteiger partial charge in [-0.05, 0) is 26.3 Å². The molecule has 6 heteroatoms. The number of carbonyl (C=O) groups is 1. The molecular weight excluding hydrogens is 244 g/mol. The largest absolute Gasteiger partial charge is 0.361 e. The lowest BCUT2D eigenvalue weighted by molar-refractivity contribution is -0.122. The molecule has 1 saturated heterocycles. The Morgan fingerprint density at radius 2 is 2.58 bits per heavy atom.